The highest BCUT2D eigenvalue weighted by molar-refractivity contribution is 5.86. The third kappa shape index (κ3) is 2.97. The number of para-hydroxylation sites is 1. The molecule has 2 aliphatic heterocycles. The second-order valence-electron chi connectivity index (χ2n) is 7.15. The van der Waals surface area contributed by atoms with E-state index in [2.05, 4.69) is 49.2 Å². The van der Waals surface area contributed by atoms with Crippen LogP contribution < -0.4 is 9.47 Å². The smallest absolute Gasteiger partial charge is 0.213 e. The van der Waals surface area contributed by atoms with Crippen molar-refractivity contribution in [3.63, 3.8) is 0 Å². The molecule has 0 unspecified atom stereocenters. The first kappa shape index (κ1) is 16.0. The molecule has 0 aromatic heterocycles. The normalized spacial score (nSPS) is 21.4. The summed E-state index contributed by atoms with van der Waals surface area (Å²) in [6.45, 7) is 4.48. The number of benzene rings is 2. The Balaban J connectivity index is 1.71. The molecular formula is C21H24N2O2. The SMILES string of the molecule is COc1ccc([C@@H]2Oc3ccccc3[C@H]3CC(CC(C)C)=NN32)cc1. The van der Waals surface area contributed by atoms with E-state index in [9.17, 15) is 0 Å². The summed E-state index contributed by atoms with van der Waals surface area (Å²) in [5, 5.41) is 7.08. The third-order valence-corrected chi connectivity index (χ3v) is 4.81. The van der Waals surface area contributed by atoms with Gasteiger partial charge in [-0.1, -0.05) is 32.0 Å². The lowest BCUT2D eigenvalue weighted by molar-refractivity contribution is -0.0190. The second-order valence-corrected chi connectivity index (χ2v) is 7.15. The van der Waals surface area contributed by atoms with Gasteiger partial charge in [0.1, 0.15) is 11.5 Å². The lowest BCUT2D eigenvalue weighted by Gasteiger charge is -2.38. The van der Waals surface area contributed by atoms with Crippen LogP contribution in [-0.2, 0) is 0 Å². The first-order valence-corrected chi connectivity index (χ1v) is 8.90. The predicted molar refractivity (Wildman–Crippen MR) is 98.9 cm³/mol. The van der Waals surface area contributed by atoms with Crippen LogP contribution in [-0.4, -0.2) is 17.8 Å². The number of nitrogens with zero attached hydrogens (tertiary/aromatic N) is 2. The standard InChI is InChI=1S/C21H24N2O2/c1-14(2)12-16-13-19-18-6-4-5-7-20(18)25-21(23(19)22-16)15-8-10-17(24-3)11-9-15/h4-11,14,19,21H,12-13H2,1-3H3/t19-,21+/m1/s1. The fraction of sp³-hybridized carbons (Fsp3) is 0.381. The summed E-state index contributed by atoms with van der Waals surface area (Å²) in [5.74, 6) is 2.42. The van der Waals surface area contributed by atoms with Gasteiger partial charge in [-0.05, 0) is 42.7 Å². The number of fused-ring (bicyclic) bond motifs is 3. The lowest BCUT2D eigenvalue weighted by atomic mass is 9.95. The molecule has 4 rings (SSSR count). The van der Waals surface area contributed by atoms with Gasteiger partial charge in [-0.2, -0.15) is 5.10 Å². The Hall–Kier alpha value is -2.49. The average molecular weight is 336 g/mol. The molecule has 2 aromatic rings. The van der Waals surface area contributed by atoms with Gasteiger partial charge in [0.2, 0.25) is 6.23 Å². The van der Waals surface area contributed by atoms with E-state index in [0.717, 1.165) is 29.9 Å². The van der Waals surface area contributed by atoms with Gasteiger partial charge in [0, 0.05) is 23.3 Å². The molecule has 2 aromatic carbocycles. The molecule has 4 heteroatoms. The highest BCUT2D eigenvalue weighted by atomic mass is 16.5. The van der Waals surface area contributed by atoms with Gasteiger partial charge in [0.25, 0.3) is 0 Å². The van der Waals surface area contributed by atoms with Gasteiger partial charge >= 0.3 is 0 Å². The van der Waals surface area contributed by atoms with Crippen LogP contribution in [0.5, 0.6) is 11.5 Å². The zero-order chi connectivity index (χ0) is 17.4. The van der Waals surface area contributed by atoms with Crippen LogP contribution in [0, 0.1) is 5.92 Å². The zero-order valence-electron chi connectivity index (χ0n) is 15.0. The Bertz CT molecular complexity index is 783. The molecule has 0 amide bonds. The van der Waals surface area contributed by atoms with E-state index in [1.165, 1.54) is 11.3 Å². The molecule has 2 aliphatic rings. The van der Waals surface area contributed by atoms with Crippen LogP contribution >= 0.6 is 0 Å². The van der Waals surface area contributed by atoms with E-state index in [-0.39, 0.29) is 12.3 Å². The highest BCUT2D eigenvalue weighted by Gasteiger charge is 2.40. The third-order valence-electron chi connectivity index (χ3n) is 4.81. The van der Waals surface area contributed by atoms with Gasteiger partial charge in [0.05, 0.1) is 13.2 Å². The van der Waals surface area contributed by atoms with Crippen molar-refractivity contribution in [2.75, 3.05) is 7.11 Å². The monoisotopic (exact) mass is 336 g/mol. The van der Waals surface area contributed by atoms with Crippen LogP contribution in [0.2, 0.25) is 0 Å². The molecule has 0 bridgehead atoms. The minimum Gasteiger partial charge on any atom is -0.497 e. The summed E-state index contributed by atoms with van der Waals surface area (Å²) in [6, 6.07) is 16.7. The van der Waals surface area contributed by atoms with Crippen LogP contribution in [0.1, 0.15) is 50.1 Å². The Labute approximate surface area is 149 Å². The van der Waals surface area contributed by atoms with Crippen molar-refractivity contribution in [3.05, 3.63) is 59.7 Å². The van der Waals surface area contributed by atoms with Gasteiger partial charge in [-0.3, -0.25) is 0 Å². The van der Waals surface area contributed by atoms with E-state index in [1.54, 1.807) is 7.11 Å². The largest absolute Gasteiger partial charge is 0.497 e. The van der Waals surface area contributed by atoms with Crippen molar-refractivity contribution in [2.24, 2.45) is 11.0 Å². The lowest BCUT2D eigenvalue weighted by Crippen LogP contribution is -2.33. The maximum atomic E-state index is 6.34. The topological polar surface area (TPSA) is 34.1 Å². The minimum absolute atomic E-state index is 0.199. The number of hydrazone groups is 1. The predicted octanol–water partition coefficient (Wildman–Crippen LogP) is 4.94. The quantitative estimate of drug-likeness (QED) is 0.793. The van der Waals surface area contributed by atoms with E-state index in [4.69, 9.17) is 14.6 Å². The summed E-state index contributed by atoms with van der Waals surface area (Å²) >= 11 is 0. The molecule has 2 heterocycles. The van der Waals surface area contributed by atoms with Crippen molar-refractivity contribution < 1.29 is 9.47 Å². The second kappa shape index (κ2) is 6.43. The van der Waals surface area contributed by atoms with Crippen molar-refractivity contribution >= 4 is 5.71 Å². The number of hydrogen-bond acceptors (Lipinski definition) is 4. The van der Waals surface area contributed by atoms with Crippen LogP contribution in [0.25, 0.3) is 0 Å². The Kier molecular flexibility index (Phi) is 4.12. The molecule has 2 atom stereocenters. The number of methoxy groups -OCH3 is 1. The van der Waals surface area contributed by atoms with Crippen molar-refractivity contribution in [1.82, 2.24) is 5.01 Å². The molecule has 130 valence electrons. The Morgan fingerprint density at radius 1 is 1.16 bits per heavy atom. The summed E-state index contributed by atoms with van der Waals surface area (Å²) < 4.78 is 11.6. The van der Waals surface area contributed by atoms with E-state index in [0.29, 0.717) is 5.92 Å². The molecule has 0 radical (unpaired) electrons. The summed E-state index contributed by atoms with van der Waals surface area (Å²) in [7, 11) is 1.68. The summed E-state index contributed by atoms with van der Waals surface area (Å²) in [4.78, 5) is 0. The van der Waals surface area contributed by atoms with Gasteiger partial charge in [0.15, 0.2) is 0 Å². The highest BCUT2D eigenvalue weighted by Crippen LogP contribution is 2.47. The van der Waals surface area contributed by atoms with E-state index in [1.807, 2.05) is 18.2 Å². The number of hydrogen-bond donors (Lipinski definition) is 0. The minimum atomic E-state index is -0.199. The molecule has 0 N–H and O–H groups in total. The molecule has 0 saturated carbocycles. The molecule has 0 spiro atoms. The molecule has 4 nitrogen and oxygen atoms in total. The fourth-order valence-corrected chi connectivity index (χ4v) is 3.68. The Morgan fingerprint density at radius 3 is 2.64 bits per heavy atom. The summed E-state index contributed by atoms with van der Waals surface area (Å²) in [5.41, 5.74) is 3.59. The first-order chi connectivity index (χ1) is 12.2. The van der Waals surface area contributed by atoms with Crippen LogP contribution in [0.4, 0.5) is 0 Å². The zero-order valence-corrected chi connectivity index (χ0v) is 15.0. The number of rotatable bonds is 4. The van der Waals surface area contributed by atoms with Crippen LogP contribution in [0.15, 0.2) is 53.6 Å². The molecular weight excluding hydrogens is 312 g/mol. The average Bonchev–Trinajstić information content (AvgIpc) is 3.04. The maximum Gasteiger partial charge on any atom is 0.213 e. The Morgan fingerprint density at radius 2 is 1.92 bits per heavy atom. The molecule has 0 fully saturated rings. The van der Waals surface area contributed by atoms with Gasteiger partial charge in [-0.15, -0.1) is 0 Å². The molecule has 25 heavy (non-hydrogen) atoms. The van der Waals surface area contributed by atoms with Crippen molar-refractivity contribution in [3.8, 4) is 11.5 Å². The van der Waals surface area contributed by atoms with E-state index < -0.39 is 0 Å². The first-order valence-electron chi connectivity index (χ1n) is 8.90. The van der Waals surface area contributed by atoms with Gasteiger partial charge < -0.3 is 9.47 Å². The van der Waals surface area contributed by atoms with Gasteiger partial charge in [-0.25, -0.2) is 5.01 Å². The fourth-order valence-electron chi connectivity index (χ4n) is 3.68. The molecule has 0 saturated heterocycles. The maximum absolute atomic E-state index is 6.34. The van der Waals surface area contributed by atoms with Crippen molar-refractivity contribution in [2.45, 2.75) is 39.0 Å². The molecule has 0 aliphatic carbocycles. The summed E-state index contributed by atoms with van der Waals surface area (Å²) in [6.07, 6.45) is 1.81. The van der Waals surface area contributed by atoms with Crippen molar-refractivity contribution in [1.29, 1.82) is 0 Å². The van der Waals surface area contributed by atoms with E-state index >= 15 is 0 Å². The number of ether oxygens (including phenoxy) is 2. The van der Waals surface area contributed by atoms with Crippen LogP contribution in [0.3, 0.4) is 0 Å².